The van der Waals surface area contributed by atoms with E-state index in [4.69, 9.17) is 11.3 Å². The number of methoxy groups -OCH3 is 1. The van der Waals surface area contributed by atoms with Crippen molar-refractivity contribution in [3.63, 3.8) is 0 Å². The van der Waals surface area contributed by atoms with Gasteiger partial charge in [0, 0.05) is 5.56 Å². The van der Waals surface area contributed by atoms with Crippen LogP contribution in [0.3, 0.4) is 0 Å². The summed E-state index contributed by atoms with van der Waals surface area (Å²) < 4.78 is 6.00. The molecule has 1 N–H and O–H groups in total. The van der Waals surface area contributed by atoms with Crippen LogP contribution < -0.4 is 10.1 Å². The number of hydrogen-bond donors (Lipinski definition) is 1. The lowest BCUT2D eigenvalue weighted by Gasteiger charge is -2.12. The van der Waals surface area contributed by atoms with Crippen molar-refractivity contribution in [2.45, 2.75) is 0 Å². The highest BCUT2D eigenvalue weighted by atomic mass is 79.9. The zero-order valence-electron chi connectivity index (χ0n) is 14.9. The van der Waals surface area contributed by atoms with Gasteiger partial charge in [-0.15, -0.1) is 4.98 Å². The summed E-state index contributed by atoms with van der Waals surface area (Å²) in [6.07, 6.45) is 2.92. The molecule has 10 heteroatoms. The van der Waals surface area contributed by atoms with E-state index < -0.39 is 5.91 Å². The lowest BCUT2D eigenvalue weighted by atomic mass is 10.00. The molecule has 1 aromatic carbocycles. The van der Waals surface area contributed by atoms with Crippen LogP contribution in [0.2, 0.25) is 0 Å². The first-order valence-corrected chi connectivity index (χ1v) is 9.81. The van der Waals surface area contributed by atoms with Crippen molar-refractivity contribution < 1.29 is 9.53 Å². The molecule has 0 fully saturated rings. The average Bonchev–Trinajstić information content (AvgIpc) is 3.14. The number of aromatic nitrogens is 4. The molecule has 0 unspecified atom stereocenters. The van der Waals surface area contributed by atoms with E-state index in [-0.39, 0.29) is 5.82 Å². The summed E-state index contributed by atoms with van der Waals surface area (Å²) in [5.74, 6) is 0.357. The van der Waals surface area contributed by atoms with Crippen LogP contribution in [0.5, 0.6) is 5.75 Å². The van der Waals surface area contributed by atoms with Gasteiger partial charge in [-0.2, -0.15) is 4.98 Å². The van der Waals surface area contributed by atoms with E-state index >= 15 is 0 Å². The Hall–Kier alpha value is -3.42. The molecule has 0 bridgehead atoms. The minimum absolute atomic E-state index is 0.181. The fourth-order valence-electron chi connectivity index (χ4n) is 2.70. The van der Waals surface area contributed by atoms with E-state index in [1.165, 1.54) is 17.5 Å². The van der Waals surface area contributed by atoms with Gasteiger partial charge in [-0.05, 0) is 33.6 Å². The Morgan fingerprint density at radius 2 is 2.03 bits per heavy atom. The van der Waals surface area contributed by atoms with Crippen LogP contribution in [0.25, 0.3) is 26.4 Å². The van der Waals surface area contributed by atoms with E-state index in [9.17, 15) is 4.79 Å². The quantitative estimate of drug-likeness (QED) is 0.437. The van der Waals surface area contributed by atoms with Crippen molar-refractivity contribution in [2.24, 2.45) is 0 Å². The van der Waals surface area contributed by atoms with Crippen molar-refractivity contribution in [3.8, 4) is 16.9 Å². The van der Waals surface area contributed by atoms with Crippen LogP contribution in [0.15, 0.2) is 47.3 Å². The predicted molar refractivity (Wildman–Crippen MR) is 113 cm³/mol. The van der Waals surface area contributed by atoms with Crippen molar-refractivity contribution in [2.75, 3.05) is 12.4 Å². The van der Waals surface area contributed by atoms with Gasteiger partial charge in [-0.3, -0.25) is 10.1 Å². The van der Waals surface area contributed by atoms with E-state index in [1.54, 1.807) is 25.4 Å². The highest BCUT2D eigenvalue weighted by molar-refractivity contribution is 9.10. The number of carbonyl (C=O) groups is 1. The molecule has 4 aromatic rings. The number of fused-ring (bicyclic) bond motifs is 1. The number of rotatable bonds is 4. The Labute approximate surface area is 177 Å². The van der Waals surface area contributed by atoms with Crippen LogP contribution in [-0.4, -0.2) is 33.0 Å². The van der Waals surface area contributed by atoms with Gasteiger partial charge in [0.1, 0.15) is 16.5 Å². The lowest BCUT2D eigenvalue weighted by Crippen LogP contribution is -2.13. The van der Waals surface area contributed by atoms with Crippen LogP contribution >= 0.6 is 27.3 Å². The maximum atomic E-state index is 13.0. The highest BCUT2D eigenvalue weighted by Gasteiger charge is 2.20. The van der Waals surface area contributed by atoms with Crippen molar-refractivity contribution >= 4 is 54.6 Å². The summed E-state index contributed by atoms with van der Waals surface area (Å²) in [6, 6.07) is 8.84. The third-order valence-electron chi connectivity index (χ3n) is 3.96. The Balaban J connectivity index is 1.75. The van der Waals surface area contributed by atoms with Gasteiger partial charge in [0.15, 0.2) is 15.6 Å². The third-order valence-corrected chi connectivity index (χ3v) is 5.20. The summed E-state index contributed by atoms with van der Waals surface area (Å²) >= 11 is 4.48. The molecule has 0 aliphatic rings. The molecule has 142 valence electrons. The first-order valence-electron chi connectivity index (χ1n) is 8.20. The van der Waals surface area contributed by atoms with Gasteiger partial charge in [0.2, 0.25) is 0 Å². The van der Waals surface area contributed by atoms with Crippen molar-refractivity contribution in [3.05, 3.63) is 64.3 Å². The molecule has 1 amide bonds. The van der Waals surface area contributed by atoms with E-state index in [1.807, 2.05) is 18.2 Å². The molecule has 0 spiro atoms. The van der Waals surface area contributed by atoms with Crippen LogP contribution in [-0.2, 0) is 0 Å². The number of carbonyl (C=O) groups excluding carboxylic acids is 1. The van der Waals surface area contributed by atoms with Gasteiger partial charge in [0.05, 0.1) is 18.9 Å². The molecule has 0 aliphatic carbocycles. The first kappa shape index (κ1) is 18.9. The second-order valence-corrected chi connectivity index (χ2v) is 7.48. The first-order chi connectivity index (χ1) is 14.1. The molecular weight excluding hydrogens is 456 g/mol. The second kappa shape index (κ2) is 7.90. The van der Waals surface area contributed by atoms with Crippen LogP contribution in [0, 0.1) is 6.57 Å². The molecule has 0 radical (unpaired) electrons. The molecule has 0 saturated heterocycles. The number of nitrogens with zero attached hydrogens (tertiary/aromatic N) is 5. The molecular formula is C19H11BrN6O2S. The van der Waals surface area contributed by atoms with Gasteiger partial charge in [0.25, 0.3) is 11.7 Å². The molecule has 0 aliphatic heterocycles. The molecule has 4 rings (SSSR count). The SMILES string of the molecule is [C-]#[N+]c1cc(-c2ccccc2OC)c(C(=O)Nc2nc3ncc(Br)nc3s2)cn1. The van der Waals surface area contributed by atoms with Gasteiger partial charge in [-0.25, -0.2) is 9.97 Å². The van der Waals surface area contributed by atoms with Gasteiger partial charge < -0.3 is 9.58 Å². The maximum Gasteiger partial charge on any atom is 0.270 e. The smallest absolute Gasteiger partial charge is 0.270 e. The molecule has 3 heterocycles. The number of anilines is 1. The number of benzene rings is 1. The van der Waals surface area contributed by atoms with Crippen LogP contribution in [0.4, 0.5) is 10.9 Å². The Bertz CT molecular complexity index is 1280. The highest BCUT2D eigenvalue weighted by Crippen LogP contribution is 2.34. The number of halogens is 1. The van der Waals surface area contributed by atoms with Gasteiger partial charge >= 0.3 is 0 Å². The number of thiazole rings is 1. The average molecular weight is 467 g/mol. The maximum absolute atomic E-state index is 13.0. The number of amides is 1. The molecule has 0 saturated carbocycles. The van der Waals surface area contributed by atoms with E-state index in [0.717, 1.165) is 0 Å². The minimum atomic E-state index is -0.409. The number of para-hydroxylation sites is 1. The fraction of sp³-hybridized carbons (Fsp3) is 0.0526. The number of nitrogens with one attached hydrogen (secondary N) is 1. The number of ether oxygens (including phenoxy) is 1. The molecule has 29 heavy (non-hydrogen) atoms. The van der Waals surface area contributed by atoms with Gasteiger partial charge in [-0.1, -0.05) is 36.1 Å². The van der Waals surface area contributed by atoms with Crippen molar-refractivity contribution in [1.29, 1.82) is 0 Å². The van der Waals surface area contributed by atoms with Crippen molar-refractivity contribution in [1.82, 2.24) is 19.9 Å². The summed E-state index contributed by atoms with van der Waals surface area (Å²) in [5.41, 5.74) is 1.97. The van der Waals surface area contributed by atoms with Crippen LogP contribution in [0.1, 0.15) is 10.4 Å². The Morgan fingerprint density at radius 1 is 1.21 bits per heavy atom. The standard InChI is InChI=1S/C19H11BrN6O2S/c1-21-15-7-11(10-5-3-4-6-13(10)28-2)12(8-22-15)17(27)26-19-25-16-18(29-19)24-14(20)9-23-16/h3-9H,2H3,(H,23,25,26,27). The normalized spacial score (nSPS) is 10.5. The Kier molecular flexibility index (Phi) is 5.16. The Morgan fingerprint density at radius 3 is 2.83 bits per heavy atom. The topological polar surface area (TPSA) is 94.2 Å². The summed E-state index contributed by atoms with van der Waals surface area (Å²) in [6.45, 7) is 7.24. The molecule has 3 aromatic heterocycles. The zero-order chi connectivity index (χ0) is 20.4. The summed E-state index contributed by atoms with van der Waals surface area (Å²) in [7, 11) is 1.55. The number of hydrogen-bond acceptors (Lipinski definition) is 7. The predicted octanol–water partition coefficient (Wildman–Crippen LogP) is 4.72. The summed E-state index contributed by atoms with van der Waals surface area (Å²) in [5, 5.41) is 3.13. The minimum Gasteiger partial charge on any atom is -0.496 e. The fourth-order valence-corrected chi connectivity index (χ4v) is 3.89. The monoisotopic (exact) mass is 466 g/mol. The molecule has 8 nitrogen and oxygen atoms in total. The number of pyridine rings is 1. The third kappa shape index (κ3) is 3.78. The zero-order valence-corrected chi connectivity index (χ0v) is 17.3. The lowest BCUT2D eigenvalue weighted by molar-refractivity contribution is 0.102. The summed E-state index contributed by atoms with van der Waals surface area (Å²) in [4.78, 5) is 33.8. The largest absolute Gasteiger partial charge is 0.496 e. The second-order valence-electron chi connectivity index (χ2n) is 5.69. The van der Waals surface area contributed by atoms with E-state index in [0.29, 0.717) is 42.7 Å². The van der Waals surface area contributed by atoms with E-state index in [2.05, 4.69) is 46.0 Å². The molecule has 0 atom stereocenters.